The van der Waals surface area contributed by atoms with Gasteiger partial charge in [0.05, 0.1) is 0 Å². The van der Waals surface area contributed by atoms with E-state index in [9.17, 15) is 18.3 Å². The summed E-state index contributed by atoms with van der Waals surface area (Å²) < 4.78 is 37.8. The maximum absolute atomic E-state index is 12.6. The summed E-state index contributed by atoms with van der Waals surface area (Å²) in [5.74, 6) is 0. The molecule has 1 aliphatic heterocycles. The van der Waals surface area contributed by atoms with Gasteiger partial charge in [-0.25, -0.2) is 0 Å². The Bertz CT molecular complexity index is 303. The van der Waals surface area contributed by atoms with Crippen LogP contribution in [0.3, 0.4) is 0 Å². The quantitative estimate of drug-likeness (QED) is 0.553. The number of rotatable bonds is 0. The van der Waals surface area contributed by atoms with Gasteiger partial charge in [-0.05, 0) is 31.5 Å². The Kier molecular flexibility index (Phi) is 2.17. The Morgan fingerprint density at radius 2 is 1.87 bits per heavy atom. The minimum Gasteiger partial charge on any atom is -0.363 e. The van der Waals surface area contributed by atoms with Crippen LogP contribution >= 0.6 is 12.2 Å². The van der Waals surface area contributed by atoms with E-state index < -0.39 is 17.4 Å². The van der Waals surface area contributed by atoms with E-state index in [1.807, 2.05) is 5.32 Å². The van der Waals surface area contributed by atoms with Gasteiger partial charge < -0.3 is 15.7 Å². The van der Waals surface area contributed by atoms with Crippen LogP contribution in [0.15, 0.2) is 0 Å². The SMILES string of the molecule is OC1(C(F)(F)F)CC2(CCC2)NC(=S)N1. The van der Waals surface area contributed by atoms with Crippen molar-refractivity contribution >= 4 is 17.3 Å². The Labute approximate surface area is 90.0 Å². The van der Waals surface area contributed by atoms with Crippen LogP contribution in [0, 0.1) is 0 Å². The molecule has 2 fully saturated rings. The molecule has 15 heavy (non-hydrogen) atoms. The molecule has 0 aromatic heterocycles. The molecular formula is C8H11F3N2OS. The van der Waals surface area contributed by atoms with Crippen LogP contribution in [0.5, 0.6) is 0 Å². The summed E-state index contributed by atoms with van der Waals surface area (Å²) in [4.78, 5) is 0. The van der Waals surface area contributed by atoms with Gasteiger partial charge in [-0.15, -0.1) is 0 Å². The Balaban J connectivity index is 2.23. The summed E-state index contributed by atoms with van der Waals surface area (Å²) >= 11 is 4.69. The highest BCUT2D eigenvalue weighted by Gasteiger charge is 2.61. The number of hydrogen-bond acceptors (Lipinski definition) is 2. The lowest BCUT2D eigenvalue weighted by atomic mass is 9.70. The Hall–Kier alpha value is -0.560. The topological polar surface area (TPSA) is 44.3 Å². The van der Waals surface area contributed by atoms with Crippen molar-refractivity contribution in [1.82, 2.24) is 10.6 Å². The molecule has 0 radical (unpaired) electrons. The van der Waals surface area contributed by atoms with Crippen LogP contribution < -0.4 is 10.6 Å². The van der Waals surface area contributed by atoms with E-state index >= 15 is 0 Å². The van der Waals surface area contributed by atoms with Crippen molar-refractivity contribution < 1.29 is 18.3 Å². The monoisotopic (exact) mass is 240 g/mol. The fourth-order valence-corrected chi connectivity index (χ4v) is 2.50. The maximum atomic E-state index is 12.6. The average molecular weight is 240 g/mol. The molecule has 1 unspecified atom stereocenters. The van der Waals surface area contributed by atoms with Crippen LogP contribution in [-0.2, 0) is 0 Å². The highest BCUT2D eigenvalue weighted by Crippen LogP contribution is 2.44. The summed E-state index contributed by atoms with van der Waals surface area (Å²) in [6.07, 6.45) is -2.99. The van der Waals surface area contributed by atoms with Crippen molar-refractivity contribution in [3.63, 3.8) is 0 Å². The lowest BCUT2D eigenvalue weighted by Gasteiger charge is -2.52. The molecule has 7 heteroatoms. The van der Waals surface area contributed by atoms with Crippen molar-refractivity contribution in [3.8, 4) is 0 Å². The summed E-state index contributed by atoms with van der Waals surface area (Å²) in [5, 5.41) is 14.1. The molecule has 1 heterocycles. The van der Waals surface area contributed by atoms with Gasteiger partial charge in [-0.2, -0.15) is 13.2 Å². The van der Waals surface area contributed by atoms with Gasteiger partial charge in [0.15, 0.2) is 5.11 Å². The normalized spacial score (nSPS) is 34.3. The van der Waals surface area contributed by atoms with Gasteiger partial charge in [0.25, 0.3) is 0 Å². The molecule has 86 valence electrons. The second-order valence-corrected chi connectivity index (χ2v) is 4.66. The van der Waals surface area contributed by atoms with E-state index in [-0.39, 0.29) is 11.5 Å². The maximum Gasteiger partial charge on any atom is 0.436 e. The number of alkyl halides is 3. The molecule has 2 aliphatic rings. The third-order valence-corrected chi connectivity index (χ3v) is 3.28. The second-order valence-electron chi connectivity index (χ2n) is 4.25. The Morgan fingerprint density at radius 1 is 1.27 bits per heavy atom. The van der Waals surface area contributed by atoms with Crippen molar-refractivity contribution in [2.75, 3.05) is 0 Å². The van der Waals surface area contributed by atoms with Gasteiger partial charge in [0.2, 0.25) is 5.72 Å². The molecule has 3 nitrogen and oxygen atoms in total. The molecule has 0 aromatic carbocycles. The van der Waals surface area contributed by atoms with Gasteiger partial charge in [-0.3, -0.25) is 0 Å². The summed E-state index contributed by atoms with van der Waals surface area (Å²) in [6.45, 7) is 0. The number of thiocarbonyl (C=S) groups is 1. The van der Waals surface area contributed by atoms with Crippen molar-refractivity contribution in [3.05, 3.63) is 0 Å². The highest BCUT2D eigenvalue weighted by atomic mass is 32.1. The van der Waals surface area contributed by atoms with Crippen LogP contribution in [0.1, 0.15) is 25.7 Å². The van der Waals surface area contributed by atoms with Gasteiger partial charge in [0.1, 0.15) is 0 Å². The lowest BCUT2D eigenvalue weighted by Crippen LogP contribution is -2.74. The molecule has 1 saturated heterocycles. The third-order valence-electron chi connectivity index (χ3n) is 3.07. The minimum atomic E-state index is -4.71. The minimum absolute atomic E-state index is 0.124. The number of halogens is 3. The fourth-order valence-electron chi connectivity index (χ4n) is 2.11. The smallest absolute Gasteiger partial charge is 0.363 e. The first-order valence-corrected chi connectivity index (χ1v) is 5.07. The summed E-state index contributed by atoms with van der Waals surface area (Å²) in [7, 11) is 0. The third kappa shape index (κ3) is 1.67. The van der Waals surface area contributed by atoms with E-state index in [0.717, 1.165) is 6.42 Å². The molecule has 0 amide bonds. The highest BCUT2D eigenvalue weighted by molar-refractivity contribution is 7.80. The molecule has 3 N–H and O–H groups in total. The zero-order valence-corrected chi connectivity index (χ0v) is 8.63. The molecule has 1 spiro atoms. The van der Waals surface area contributed by atoms with E-state index in [2.05, 4.69) is 5.32 Å². The first-order chi connectivity index (χ1) is 6.77. The van der Waals surface area contributed by atoms with Crippen LogP contribution in [0.25, 0.3) is 0 Å². The van der Waals surface area contributed by atoms with E-state index in [1.54, 1.807) is 0 Å². The standard InChI is InChI=1S/C8H11F3N2OS/c9-8(10,11)7(14)4-6(2-1-3-6)12-5(15)13-7/h14H,1-4H2,(H2,12,13,15). The van der Waals surface area contributed by atoms with Crippen LogP contribution in [0.2, 0.25) is 0 Å². The molecule has 0 bridgehead atoms. The number of nitrogens with one attached hydrogen (secondary N) is 2. The van der Waals surface area contributed by atoms with Gasteiger partial charge in [-0.1, -0.05) is 0 Å². The van der Waals surface area contributed by atoms with E-state index in [0.29, 0.717) is 12.8 Å². The fraction of sp³-hybridized carbons (Fsp3) is 0.875. The second kappa shape index (κ2) is 2.98. The molecule has 1 saturated carbocycles. The first kappa shape index (κ1) is 10.9. The van der Waals surface area contributed by atoms with Crippen molar-refractivity contribution in [1.29, 1.82) is 0 Å². The number of hydrogen-bond donors (Lipinski definition) is 3. The molecule has 2 rings (SSSR count). The zero-order valence-electron chi connectivity index (χ0n) is 7.82. The Morgan fingerprint density at radius 3 is 2.27 bits per heavy atom. The lowest BCUT2D eigenvalue weighted by molar-refractivity contribution is -0.279. The van der Waals surface area contributed by atoms with Gasteiger partial charge in [0, 0.05) is 12.0 Å². The van der Waals surface area contributed by atoms with Crippen LogP contribution in [0.4, 0.5) is 13.2 Å². The number of aliphatic hydroxyl groups is 1. The molecule has 0 aromatic rings. The summed E-state index contributed by atoms with van der Waals surface area (Å²) in [6, 6.07) is 0. The summed E-state index contributed by atoms with van der Waals surface area (Å²) in [5.41, 5.74) is -3.54. The predicted molar refractivity (Wildman–Crippen MR) is 51.1 cm³/mol. The van der Waals surface area contributed by atoms with E-state index in [1.165, 1.54) is 0 Å². The predicted octanol–water partition coefficient (Wildman–Crippen LogP) is 1.03. The van der Waals surface area contributed by atoms with Crippen molar-refractivity contribution in [2.24, 2.45) is 0 Å². The average Bonchev–Trinajstić information content (AvgIpc) is 1.97. The van der Waals surface area contributed by atoms with Gasteiger partial charge >= 0.3 is 6.18 Å². The first-order valence-electron chi connectivity index (χ1n) is 4.66. The molecular weight excluding hydrogens is 229 g/mol. The van der Waals surface area contributed by atoms with Crippen molar-refractivity contribution in [2.45, 2.75) is 43.1 Å². The zero-order chi connectivity index (χ0) is 11.3. The van der Waals surface area contributed by atoms with E-state index in [4.69, 9.17) is 12.2 Å². The molecule has 1 atom stereocenters. The largest absolute Gasteiger partial charge is 0.436 e. The molecule has 1 aliphatic carbocycles. The van der Waals surface area contributed by atoms with Crippen LogP contribution in [-0.4, -0.2) is 27.7 Å².